The lowest BCUT2D eigenvalue weighted by Gasteiger charge is -2.19. The fraction of sp³-hybridized carbons (Fsp3) is 0.412. The summed E-state index contributed by atoms with van der Waals surface area (Å²) in [7, 11) is 0. The number of carbonyl (C=O) groups is 2. The van der Waals surface area contributed by atoms with E-state index in [1.54, 1.807) is 10.8 Å². The van der Waals surface area contributed by atoms with Crippen molar-refractivity contribution in [3.05, 3.63) is 36.0 Å². The molecule has 1 heterocycles. The summed E-state index contributed by atoms with van der Waals surface area (Å²) in [6, 6.07) is 6.52. The van der Waals surface area contributed by atoms with Crippen molar-refractivity contribution in [3.63, 3.8) is 0 Å². The smallest absolute Gasteiger partial charge is 0.322 e. The minimum Gasteiger partial charge on any atom is -0.480 e. The largest absolute Gasteiger partial charge is 0.480 e. The van der Waals surface area contributed by atoms with Crippen LogP contribution in [0.3, 0.4) is 0 Å². The Morgan fingerprint density at radius 2 is 1.96 bits per heavy atom. The quantitative estimate of drug-likeness (QED) is 0.822. The molecular formula is C17H22N2O4. The van der Waals surface area contributed by atoms with E-state index in [1.807, 2.05) is 45.0 Å². The molecule has 1 aromatic heterocycles. The Balaban J connectivity index is 2.30. The van der Waals surface area contributed by atoms with Crippen molar-refractivity contribution in [1.29, 1.82) is 0 Å². The molecule has 6 nitrogen and oxygen atoms in total. The molecule has 0 spiro atoms. The van der Waals surface area contributed by atoms with Gasteiger partial charge in [-0.05, 0) is 32.4 Å². The topological polar surface area (TPSA) is 94.5 Å². The van der Waals surface area contributed by atoms with Crippen LogP contribution in [0.2, 0.25) is 0 Å². The molecule has 0 aliphatic heterocycles. The van der Waals surface area contributed by atoms with Gasteiger partial charge in [0.15, 0.2) is 0 Å². The van der Waals surface area contributed by atoms with E-state index in [0.717, 1.165) is 16.5 Å². The molecule has 1 unspecified atom stereocenters. The Kier molecular flexibility index (Phi) is 4.75. The van der Waals surface area contributed by atoms with Gasteiger partial charge in [-0.3, -0.25) is 9.59 Å². The van der Waals surface area contributed by atoms with Crippen LogP contribution in [-0.4, -0.2) is 33.3 Å². The first-order valence-corrected chi connectivity index (χ1v) is 7.44. The van der Waals surface area contributed by atoms with E-state index >= 15 is 0 Å². The normalized spacial score (nSPS) is 13.0. The van der Waals surface area contributed by atoms with Gasteiger partial charge in [-0.1, -0.05) is 18.2 Å². The summed E-state index contributed by atoms with van der Waals surface area (Å²) in [6.07, 6.45) is 1.91. The van der Waals surface area contributed by atoms with Crippen LogP contribution in [0.25, 0.3) is 10.9 Å². The van der Waals surface area contributed by atoms with E-state index < -0.39 is 17.6 Å². The summed E-state index contributed by atoms with van der Waals surface area (Å²) < 4.78 is 7.12. The first kappa shape index (κ1) is 17.0. The predicted octanol–water partition coefficient (Wildman–Crippen LogP) is 1.94. The van der Waals surface area contributed by atoms with Crippen molar-refractivity contribution in [2.75, 3.05) is 0 Å². The number of carboxylic acids is 1. The molecule has 0 saturated heterocycles. The summed E-state index contributed by atoms with van der Waals surface area (Å²) in [4.78, 5) is 23.0. The van der Waals surface area contributed by atoms with Gasteiger partial charge in [-0.15, -0.1) is 0 Å². The third-order valence-electron chi connectivity index (χ3n) is 3.34. The van der Waals surface area contributed by atoms with Crippen molar-refractivity contribution in [2.45, 2.75) is 45.4 Å². The van der Waals surface area contributed by atoms with E-state index in [-0.39, 0.29) is 18.9 Å². The number of ether oxygens (including phenoxy) is 1. The summed E-state index contributed by atoms with van der Waals surface area (Å²) in [6.45, 7) is 5.60. The molecule has 3 N–H and O–H groups in total. The first-order valence-electron chi connectivity index (χ1n) is 7.44. The van der Waals surface area contributed by atoms with Gasteiger partial charge in [0.2, 0.25) is 0 Å². The summed E-state index contributed by atoms with van der Waals surface area (Å²) in [5.74, 6) is -1.38. The molecule has 1 aromatic carbocycles. The maximum Gasteiger partial charge on any atom is 0.322 e. The SMILES string of the molecule is CC(C)(C)OC(=O)Cc1cn(CC(N)C(=O)O)c2ccccc12. The minimum atomic E-state index is -1.06. The van der Waals surface area contributed by atoms with Crippen LogP contribution in [-0.2, 0) is 27.3 Å². The van der Waals surface area contributed by atoms with Gasteiger partial charge in [-0.2, -0.15) is 0 Å². The average molecular weight is 318 g/mol. The molecule has 0 fully saturated rings. The predicted molar refractivity (Wildman–Crippen MR) is 87.1 cm³/mol. The number of rotatable bonds is 5. The van der Waals surface area contributed by atoms with Gasteiger partial charge in [0, 0.05) is 23.6 Å². The number of nitrogens with zero attached hydrogens (tertiary/aromatic N) is 1. The van der Waals surface area contributed by atoms with Crippen LogP contribution < -0.4 is 5.73 Å². The second kappa shape index (κ2) is 6.42. The number of nitrogens with two attached hydrogens (primary N) is 1. The van der Waals surface area contributed by atoms with Crippen molar-refractivity contribution < 1.29 is 19.4 Å². The van der Waals surface area contributed by atoms with E-state index in [2.05, 4.69) is 0 Å². The molecule has 0 bridgehead atoms. The van der Waals surface area contributed by atoms with E-state index in [1.165, 1.54) is 0 Å². The van der Waals surface area contributed by atoms with Gasteiger partial charge in [0.25, 0.3) is 0 Å². The number of aliphatic carboxylic acids is 1. The summed E-state index contributed by atoms with van der Waals surface area (Å²) in [5, 5.41) is 9.88. The standard InChI is InChI=1S/C17H22N2O4/c1-17(2,3)23-15(20)8-11-9-19(10-13(18)16(21)22)14-7-5-4-6-12(11)14/h4-7,9,13H,8,10,18H2,1-3H3,(H,21,22). The number of aromatic nitrogens is 1. The van der Waals surface area contributed by atoms with Gasteiger partial charge in [-0.25, -0.2) is 0 Å². The molecule has 0 saturated carbocycles. The molecule has 124 valence electrons. The van der Waals surface area contributed by atoms with Crippen molar-refractivity contribution in [1.82, 2.24) is 4.57 Å². The molecule has 23 heavy (non-hydrogen) atoms. The molecule has 1 atom stereocenters. The number of esters is 1. The summed E-state index contributed by atoms with van der Waals surface area (Å²) >= 11 is 0. The lowest BCUT2D eigenvalue weighted by Crippen LogP contribution is -2.34. The second-order valence-corrected chi connectivity index (χ2v) is 6.53. The Morgan fingerprint density at radius 1 is 1.30 bits per heavy atom. The molecule has 0 aliphatic rings. The number of fused-ring (bicyclic) bond motifs is 1. The molecule has 0 aliphatic carbocycles. The minimum absolute atomic E-state index is 0.132. The highest BCUT2D eigenvalue weighted by Crippen LogP contribution is 2.23. The van der Waals surface area contributed by atoms with Crippen molar-refractivity contribution in [2.24, 2.45) is 5.73 Å². The van der Waals surface area contributed by atoms with Gasteiger partial charge in [0.1, 0.15) is 11.6 Å². The number of hydrogen-bond donors (Lipinski definition) is 2. The Bertz CT molecular complexity index is 728. The number of carboxylic acid groups (broad SMARTS) is 1. The molecular weight excluding hydrogens is 296 g/mol. The zero-order valence-electron chi connectivity index (χ0n) is 13.6. The molecule has 6 heteroatoms. The maximum atomic E-state index is 12.1. The highest BCUT2D eigenvalue weighted by atomic mass is 16.6. The molecule has 0 radical (unpaired) electrons. The lowest BCUT2D eigenvalue weighted by atomic mass is 10.1. The van der Waals surface area contributed by atoms with Crippen LogP contribution in [0.4, 0.5) is 0 Å². The van der Waals surface area contributed by atoms with Crippen LogP contribution >= 0.6 is 0 Å². The highest BCUT2D eigenvalue weighted by Gasteiger charge is 2.20. The summed E-state index contributed by atoms with van der Waals surface area (Å²) in [5.41, 5.74) is 6.73. The van der Waals surface area contributed by atoms with Crippen LogP contribution in [0, 0.1) is 0 Å². The zero-order valence-corrected chi connectivity index (χ0v) is 13.6. The number of carbonyl (C=O) groups excluding carboxylic acids is 1. The van der Waals surface area contributed by atoms with E-state index in [0.29, 0.717) is 0 Å². The maximum absolute atomic E-state index is 12.1. The third kappa shape index (κ3) is 4.32. The van der Waals surface area contributed by atoms with Crippen LogP contribution in [0.5, 0.6) is 0 Å². The first-order chi connectivity index (χ1) is 10.7. The number of para-hydroxylation sites is 1. The van der Waals surface area contributed by atoms with Gasteiger partial charge in [0.05, 0.1) is 6.42 Å². The van der Waals surface area contributed by atoms with Crippen molar-refractivity contribution >= 4 is 22.8 Å². The van der Waals surface area contributed by atoms with Crippen molar-refractivity contribution in [3.8, 4) is 0 Å². The van der Waals surface area contributed by atoms with Gasteiger partial charge >= 0.3 is 11.9 Å². The Morgan fingerprint density at radius 3 is 2.57 bits per heavy atom. The molecule has 0 amide bonds. The van der Waals surface area contributed by atoms with E-state index in [4.69, 9.17) is 15.6 Å². The fourth-order valence-electron chi connectivity index (χ4n) is 2.44. The molecule has 2 aromatic rings. The molecule has 2 rings (SSSR count). The van der Waals surface area contributed by atoms with Crippen LogP contribution in [0.1, 0.15) is 26.3 Å². The Labute approximate surface area is 134 Å². The fourth-order valence-corrected chi connectivity index (χ4v) is 2.44. The number of hydrogen-bond acceptors (Lipinski definition) is 4. The third-order valence-corrected chi connectivity index (χ3v) is 3.34. The van der Waals surface area contributed by atoms with Crippen LogP contribution in [0.15, 0.2) is 30.5 Å². The zero-order chi connectivity index (χ0) is 17.2. The second-order valence-electron chi connectivity index (χ2n) is 6.53. The Hall–Kier alpha value is -2.34. The monoisotopic (exact) mass is 318 g/mol. The van der Waals surface area contributed by atoms with Gasteiger partial charge < -0.3 is 20.1 Å². The number of benzene rings is 1. The average Bonchev–Trinajstić information content (AvgIpc) is 2.75. The lowest BCUT2D eigenvalue weighted by molar-refractivity contribution is -0.153. The highest BCUT2D eigenvalue weighted by molar-refractivity contribution is 5.88. The van der Waals surface area contributed by atoms with E-state index in [9.17, 15) is 9.59 Å².